The van der Waals surface area contributed by atoms with Gasteiger partial charge >= 0.3 is 0 Å². The Labute approximate surface area is 154 Å². The van der Waals surface area contributed by atoms with Gasteiger partial charge in [-0.25, -0.2) is 0 Å². The standard InChI is InChI=1S/C21H26N2O3/c1-16-9-11-18(12-10-16)20(23-17(2)24)15-21(25)22-13-6-14-26-19-7-4-3-5-8-19/h3-5,7-12,20H,6,13-15H2,1-2H3,(H,22,25)(H,23,24). The number of hydrogen-bond acceptors (Lipinski definition) is 3. The highest BCUT2D eigenvalue weighted by Crippen LogP contribution is 2.17. The van der Waals surface area contributed by atoms with Gasteiger partial charge in [-0.05, 0) is 31.0 Å². The van der Waals surface area contributed by atoms with Crippen LogP contribution in [0.4, 0.5) is 0 Å². The van der Waals surface area contributed by atoms with Gasteiger partial charge in [-0.1, -0.05) is 48.0 Å². The lowest BCUT2D eigenvalue weighted by Gasteiger charge is -2.18. The van der Waals surface area contributed by atoms with Gasteiger partial charge in [0, 0.05) is 13.5 Å². The summed E-state index contributed by atoms with van der Waals surface area (Å²) in [6.07, 6.45) is 0.929. The fraction of sp³-hybridized carbons (Fsp3) is 0.333. The van der Waals surface area contributed by atoms with Crippen LogP contribution in [0.25, 0.3) is 0 Å². The molecule has 0 aliphatic rings. The lowest BCUT2D eigenvalue weighted by atomic mass is 10.0. The Bertz CT molecular complexity index is 699. The van der Waals surface area contributed by atoms with Gasteiger partial charge in [0.05, 0.1) is 19.1 Å². The Hall–Kier alpha value is -2.82. The summed E-state index contributed by atoms with van der Waals surface area (Å²) in [5.41, 5.74) is 2.06. The van der Waals surface area contributed by atoms with E-state index in [9.17, 15) is 9.59 Å². The molecule has 2 N–H and O–H groups in total. The molecule has 0 radical (unpaired) electrons. The van der Waals surface area contributed by atoms with E-state index in [4.69, 9.17) is 4.74 Å². The van der Waals surface area contributed by atoms with Crippen molar-refractivity contribution in [1.82, 2.24) is 10.6 Å². The molecule has 2 aromatic rings. The Kier molecular flexibility index (Phi) is 7.68. The highest BCUT2D eigenvalue weighted by atomic mass is 16.5. The van der Waals surface area contributed by atoms with E-state index in [-0.39, 0.29) is 24.3 Å². The van der Waals surface area contributed by atoms with E-state index in [0.29, 0.717) is 13.2 Å². The molecule has 138 valence electrons. The van der Waals surface area contributed by atoms with E-state index < -0.39 is 0 Å². The zero-order valence-electron chi connectivity index (χ0n) is 15.3. The number of aryl methyl sites for hydroxylation is 1. The second-order valence-electron chi connectivity index (χ2n) is 6.23. The third-order valence-corrected chi connectivity index (χ3v) is 3.90. The summed E-state index contributed by atoms with van der Waals surface area (Å²) in [5.74, 6) is 0.576. The third kappa shape index (κ3) is 6.97. The first kappa shape index (κ1) is 19.5. The van der Waals surface area contributed by atoms with Crippen LogP contribution < -0.4 is 15.4 Å². The molecule has 2 rings (SSSR count). The third-order valence-electron chi connectivity index (χ3n) is 3.90. The van der Waals surface area contributed by atoms with E-state index in [1.807, 2.05) is 61.5 Å². The zero-order valence-corrected chi connectivity index (χ0v) is 15.3. The van der Waals surface area contributed by atoms with Crippen molar-refractivity contribution in [1.29, 1.82) is 0 Å². The lowest BCUT2D eigenvalue weighted by molar-refractivity contribution is -0.122. The van der Waals surface area contributed by atoms with Crippen molar-refractivity contribution in [2.24, 2.45) is 0 Å². The predicted molar refractivity (Wildman–Crippen MR) is 102 cm³/mol. The molecular formula is C21H26N2O3. The van der Waals surface area contributed by atoms with Gasteiger partial charge in [-0.15, -0.1) is 0 Å². The maximum Gasteiger partial charge on any atom is 0.222 e. The van der Waals surface area contributed by atoms with Crippen molar-refractivity contribution in [3.63, 3.8) is 0 Å². The summed E-state index contributed by atoms with van der Waals surface area (Å²) in [5, 5.41) is 5.73. The average Bonchev–Trinajstić information content (AvgIpc) is 2.62. The van der Waals surface area contributed by atoms with E-state index in [1.165, 1.54) is 6.92 Å². The van der Waals surface area contributed by atoms with Crippen LogP contribution in [0.15, 0.2) is 54.6 Å². The van der Waals surface area contributed by atoms with Crippen LogP contribution in [0.1, 0.15) is 36.9 Å². The number of amides is 2. The van der Waals surface area contributed by atoms with Crippen LogP contribution in [0.3, 0.4) is 0 Å². The smallest absolute Gasteiger partial charge is 0.222 e. The number of rotatable bonds is 9. The van der Waals surface area contributed by atoms with Crippen LogP contribution in [0.2, 0.25) is 0 Å². The summed E-state index contributed by atoms with van der Waals surface area (Å²) in [6.45, 7) is 4.53. The molecule has 2 aromatic carbocycles. The molecule has 0 spiro atoms. The molecule has 0 saturated carbocycles. The maximum atomic E-state index is 12.2. The number of carbonyl (C=O) groups excluding carboxylic acids is 2. The number of benzene rings is 2. The number of nitrogens with one attached hydrogen (secondary N) is 2. The molecule has 0 aliphatic carbocycles. The van der Waals surface area contributed by atoms with Crippen LogP contribution in [0, 0.1) is 6.92 Å². The van der Waals surface area contributed by atoms with Gasteiger partial charge in [0.15, 0.2) is 0 Å². The topological polar surface area (TPSA) is 67.4 Å². The monoisotopic (exact) mass is 354 g/mol. The molecule has 0 fully saturated rings. The average molecular weight is 354 g/mol. The zero-order chi connectivity index (χ0) is 18.8. The van der Waals surface area contributed by atoms with E-state index in [2.05, 4.69) is 10.6 Å². The SMILES string of the molecule is CC(=O)NC(CC(=O)NCCCOc1ccccc1)c1ccc(C)cc1. The fourth-order valence-electron chi connectivity index (χ4n) is 2.56. The van der Waals surface area contributed by atoms with E-state index >= 15 is 0 Å². The largest absolute Gasteiger partial charge is 0.494 e. The predicted octanol–water partition coefficient (Wildman–Crippen LogP) is 3.15. The molecule has 0 saturated heterocycles. The van der Waals surface area contributed by atoms with Crippen molar-refractivity contribution in [2.75, 3.05) is 13.2 Å². The van der Waals surface area contributed by atoms with E-state index in [1.54, 1.807) is 0 Å². The van der Waals surface area contributed by atoms with Gasteiger partial charge in [-0.2, -0.15) is 0 Å². The van der Waals surface area contributed by atoms with Gasteiger partial charge in [0.25, 0.3) is 0 Å². The Morgan fingerprint density at radius 3 is 2.38 bits per heavy atom. The summed E-state index contributed by atoms with van der Waals surface area (Å²) in [6, 6.07) is 17.1. The molecule has 0 heterocycles. The van der Waals surface area contributed by atoms with Crippen molar-refractivity contribution in [3.05, 3.63) is 65.7 Å². The normalized spacial score (nSPS) is 11.5. The maximum absolute atomic E-state index is 12.2. The summed E-state index contributed by atoms with van der Waals surface area (Å²) in [4.78, 5) is 23.7. The van der Waals surface area contributed by atoms with Crippen LogP contribution in [-0.2, 0) is 9.59 Å². The number of hydrogen-bond donors (Lipinski definition) is 2. The summed E-state index contributed by atoms with van der Waals surface area (Å²) >= 11 is 0. The summed E-state index contributed by atoms with van der Waals surface area (Å²) < 4.78 is 5.59. The lowest BCUT2D eigenvalue weighted by Crippen LogP contribution is -2.33. The quantitative estimate of drug-likeness (QED) is 0.680. The fourth-order valence-corrected chi connectivity index (χ4v) is 2.56. The first-order valence-corrected chi connectivity index (χ1v) is 8.83. The minimum Gasteiger partial charge on any atom is -0.494 e. The second-order valence-corrected chi connectivity index (χ2v) is 6.23. The minimum absolute atomic E-state index is 0.0935. The molecule has 1 atom stereocenters. The molecule has 0 aromatic heterocycles. The van der Waals surface area contributed by atoms with Crippen LogP contribution >= 0.6 is 0 Å². The van der Waals surface area contributed by atoms with Crippen molar-refractivity contribution in [2.45, 2.75) is 32.7 Å². The highest BCUT2D eigenvalue weighted by Gasteiger charge is 2.16. The van der Waals surface area contributed by atoms with Crippen LogP contribution in [-0.4, -0.2) is 25.0 Å². The van der Waals surface area contributed by atoms with Crippen molar-refractivity contribution >= 4 is 11.8 Å². The first-order chi connectivity index (χ1) is 12.5. The number of para-hydroxylation sites is 1. The molecule has 1 unspecified atom stereocenters. The van der Waals surface area contributed by atoms with Gasteiger partial charge in [0.1, 0.15) is 5.75 Å². The number of ether oxygens (including phenoxy) is 1. The molecular weight excluding hydrogens is 328 g/mol. The van der Waals surface area contributed by atoms with Crippen molar-refractivity contribution in [3.8, 4) is 5.75 Å². The molecule has 0 bridgehead atoms. The number of carbonyl (C=O) groups is 2. The van der Waals surface area contributed by atoms with Crippen molar-refractivity contribution < 1.29 is 14.3 Å². The molecule has 2 amide bonds. The van der Waals surface area contributed by atoms with Gasteiger partial charge in [0.2, 0.25) is 11.8 Å². The Balaban J connectivity index is 1.76. The Morgan fingerprint density at radius 2 is 1.73 bits per heavy atom. The minimum atomic E-state index is -0.325. The van der Waals surface area contributed by atoms with E-state index in [0.717, 1.165) is 23.3 Å². The first-order valence-electron chi connectivity index (χ1n) is 8.83. The highest BCUT2D eigenvalue weighted by molar-refractivity contribution is 5.79. The Morgan fingerprint density at radius 1 is 1.04 bits per heavy atom. The molecule has 0 aliphatic heterocycles. The molecule has 26 heavy (non-hydrogen) atoms. The second kappa shape index (κ2) is 10.2. The van der Waals surface area contributed by atoms with Gasteiger partial charge < -0.3 is 15.4 Å². The van der Waals surface area contributed by atoms with Gasteiger partial charge in [-0.3, -0.25) is 9.59 Å². The molecule has 5 nitrogen and oxygen atoms in total. The summed E-state index contributed by atoms with van der Waals surface area (Å²) in [7, 11) is 0. The van der Waals surface area contributed by atoms with Crippen LogP contribution in [0.5, 0.6) is 5.75 Å². The molecule has 5 heteroatoms.